The Balaban J connectivity index is 0.00000338. The maximum Gasteiger partial charge on any atom is 0.230 e. The molecule has 0 aliphatic rings. The summed E-state index contributed by atoms with van der Waals surface area (Å²) in [7, 11) is 0. The number of aromatic nitrogens is 3. The normalized spacial score (nSPS) is 11.4. The molecule has 362 valence electrons. The Bertz CT molecular complexity index is 3220. The zero-order valence-corrected chi connectivity index (χ0v) is 45.6. The van der Waals surface area contributed by atoms with E-state index in [4.69, 9.17) is 9.47 Å². The fraction of sp³-hybridized carbons (Fsp3) is 0.188. The van der Waals surface area contributed by atoms with Gasteiger partial charge in [-0.3, -0.25) is 0 Å². The summed E-state index contributed by atoms with van der Waals surface area (Å²) in [5.74, 6) is 4.21. The summed E-state index contributed by atoms with van der Waals surface area (Å²) in [5.41, 5.74) is 15.5. The van der Waals surface area contributed by atoms with Gasteiger partial charge in [0.05, 0.1) is 0 Å². The number of hydrogen-bond donors (Lipinski definition) is 0. The molecule has 71 heavy (non-hydrogen) atoms. The van der Waals surface area contributed by atoms with Gasteiger partial charge < -0.3 is 14.0 Å². The Labute approximate surface area is 447 Å². The molecule has 0 atom stereocenters. The van der Waals surface area contributed by atoms with Crippen LogP contribution in [0.1, 0.15) is 101 Å². The maximum absolute atomic E-state index is 6.55. The minimum atomic E-state index is 0. The van der Waals surface area contributed by atoms with Crippen molar-refractivity contribution >= 4 is 21.8 Å². The van der Waals surface area contributed by atoms with E-state index in [2.05, 4.69) is 162 Å². The molecule has 0 aliphatic heterocycles. The van der Waals surface area contributed by atoms with E-state index in [0.29, 0.717) is 52.6 Å². The molecule has 7 heteroatoms. The van der Waals surface area contributed by atoms with Crippen LogP contribution in [0.25, 0.3) is 72.3 Å². The van der Waals surface area contributed by atoms with Crippen LogP contribution < -0.4 is 9.47 Å². The van der Waals surface area contributed by atoms with Gasteiger partial charge in [0.1, 0.15) is 0 Å². The summed E-state index contributed by atoms with van der Waals surface area (Å²) >= 11 is 0. The smallest absolute Gasteiger partial charge is 0.230 e. The molecule has 2 heterocycles. The van der Waals surface area contributed by atoms with Crippen LogP contribution in [0.4, 0.5) is 0 Å². The van der Waals surface area contributed by atoms with Crippen molar-refractivity contribution in [2.75, 3.05) is 0 Å². The molecule has 2 aromatic heterocycles. The van der Waals surface area contributed by atoms with Crippen LogP contribution in [0.2, 0.25) is 0 Å². The molecule has 8 aromatic carbocycles. The van der Waals surface area contributed by atoms with Gasteiger partial charge in [-0.1, -0.05) is 103 Å². The molecular formula is C64H53N3O2Pt2-6. The molecule has 0 saturated carbocycles. The molecule has 0 saturated heterocycles. The Morgan fingerprint density at radius 2 is 0.789 bits per heavy atom. The van der Waals surface area contributed by atoms with Crippen molar-refractivity contribution < 1.29 is 51.6 Å². The first-order chi connectivity index (χ1) is 33.5. The number of ether oxygens (including phenoxy) is 2. The van der Waals surface area contributed by atoms with E-state index in [1.54, 1.807) is 18.5 Å². The third-order valence-electron chi connectivity index (χ3n) is 12.8. The fourth-order valence-electron chi connectivity index (χ4n) is 9.44. The van der Waals surface area contributed by atoms with Gasteiger partial charge in [0.15, 0.2) is 0 Å². The average molecular weight is 1290 g/mol. The topological polar surface area (TPSA) is 49.2 Å². The first kappa shape index (κ1) is 51.0. The van der Waals surface area contributed by atoms with Gasteiger partial charge >= 0.3 is 0 Å². The van der Waals surface area contributed by atoms with Crippen molar-refractivity contribution in [3.8, 4) is 73.5 Å². The van der Waals surface area contributed by atoms with Gasteiger partial charge in [0.2, 0.25) is 5.95 Å². The first-order valence-electron chi connectivity index (χ1n) is 23.9. The van der Waals surface area contributed by atoms with Crippen molar-refractivity contribution in [2.24, 2.45) is 0 Å². The van der Waals surface area contributed by atoms with Crippen LogP contribution in [0.3, 0.4) is 0 Å². The van der Waals surface area contributed by atoms with Crippen LogP contribution in [-0.2, 0) is 42.1 Å². The van der Waals surface area contributed by atoms with Crippen molar-refractivity contribution in [1.82, 2.24) is 14.5 Å². The molecule has 10 rings (SSSR count). The number of nitrogens with zero attached hydrogens (tertiary/aromatic N) is 3. The molecule has 0 fully saturated rings. The third kappa shape index (κ3) is 10.5. The van der Waals surface area contributed by atoms with Gasteiger partial charge in [0, 0.05) is 77.5 Å². The number of hydrogen-bond acceptors (Lipinski definition) is 4. The predicted octanol–water partition coefficient (Wildman–Crippen LogP) is 17.1. The molecule has 5 nitrogen and oxygen atoms in total. The van der Waals surface area contributed by atoms with Gasteiger partial charge in [-0.05, 0) is 63.1 Å². The maximum atomic E-state index is 6.55. The predicted molar refractivity (Wildman–Crippen MR) is 281 cm³/mol. The Hall–Kier alpha value is -6.38. The van der Waals surface area contributed by atoms with Crippen LogP contribution >= 0.6 is 0 Å². The van der Waals surface area contributed by atoms with E-state index in [-0.39, 0.29) is 42.1 Å². The second-order valence-electron chi connectivity index (χ2n) is 18.8. The number of benzene rings is 8. The summed E-state index contributed by atoms with van der Waals surface area (Å²) in [6.45, 7) is 18.1. The summed E-state index contributed by atoms with van der Waals surface area (Å²) in [5, 5.41) is 1.89. The molecule has 0 N–H and O–H groups in total. The SMILES string of the molecule is CC(C)c1cccc(C(C)C)c1-c1cc[c-]c(-c2[c-]c(Oc3[c-]c4c(cc3)c3ccc(Oc5[c-]c(-c6[c-]ccc(-c7c(C(C)C)cccc7C(C)C)c6)ccc5)[c-]c3n4-c3ncccn3)ccc2)c1.[Pt].[Pt]. The van der Waals surface area contributed by atoms with Gasteiger partial charge in [-0.25, -0.2) is 32.2 Å². The summed E-state index contributed by atoms with van der Waals surface area (Å²) in [6.07, 6.45) is 3.46. The summed E-state index contributed by atoms with van der Waals surface area (Å²) < 4.78 is 15.0. The van der Waals surface area contributed by atoms with Crippen molar-refractivity contribution in [1.29, 1.82) is 0 Å². The van der Waals surface area contributed by atoms with Crippen molar-refractivity contribution in [3.05, 3.63) is 211 Å². The van der Waals surface area contributed by atoms with Gasteiger partial charge in [-0.15, -0.1) is 71.8 Å². The minimum absolute atomic E-state index is 0. The van der Waals surface area contributed by atoms with Gasteiger partial charge in [-0.2, -0.15) is 83.6 Å². The molecule has 0 aliphatic carbocycles. The van der Waals surface area contributed by atoms with Crippen molar-refractivity contribution in [3.63, 3.8) is 0 Å². The van der Waals surface area contributed by atoms with Gasteiger partial charge in [0.25, 0.3) is 0 Å². The largest absolute Gasteiger partial charge is 0.504 e. The molecule has 0 radical (unpaired) electrons. The molecular weight excluding hydrogens is 1230 g/mol. The Kier molecular flexibility index (Phi) is 15.8. The molecule has 10 aromatic rings. The second kappa shape index (κ2) is 21.9. The molecule has 0 bridgehead atoms. The van der Waals surface area contributed by atoms with E-state index in [9.17, 15) is 0 Å². The summed E-state index contributed by atoms with van der Waals surface area (Å²) in [6, 6.07) is 68.9. The van der Waals surface area contributed by atoms with E-state index in [1.807, 2.05) is 77.4 Å². The molecule has 0 unspecified atom stereocenters. The van der Waals surface area contributed by atoms with Crippen LogP contribution in [0, 0.1) is 36.4 Å². The number of rotatable bonds is 13. The second-order valence-corrected chi connectivity index (χ2v) is 18.8. The van der Waals surface area contributed by atoms with E-state index >= 15 is 0 Å². The van der Waals surface area contributed by atoms with E-state index in [0.717, 1.165) is 44.1 Å². The fourth-order valence-corrected chi connectivity index (χ4v) is 9.44. The Morgan fingerprint density at radius 3 is 1.18 bits per heavy atom. The van der Waals surface area contributed by atoms with Crippen LogP contribution in [-0.4, -0.2) is 14.5 Å². The average Bonchev–Trinajstić information content (AvgIpc) is 3.69. The monoisotopic (exact) mass is 1290 g/mol. The zero-order chi connectivity index (χ0) is 47.8. The van der Waals surface area contributed by atoms with Crippen LogP contribution in [0.5, 0.6) is 23.0 Å². The zero-order valence-electron chi connectivity index (χ0n) is 41.0. The third-order valence-corrected chi connectivity index (χ3v) is 12.8. The first-order valence-corrected chi connectivity index (χ1v) is 23.9. The Morgan fingerprint density at radius 1 is 0.408 bits per heavy atom. The van der Waals surface area contributed by atoms with E-state index < -0.39 is 0 Å². The standard InChI is InChI=1S/C64H53N3O2.2Pt/c1-40(2)54-24-13-25-55(41(3)4)62(54)48-20-9-16-44(34-48)46-18-11-22-50(36-46)68-52-28-30-58-59-31-29-53(39-61(59)67(60(58)38-52)64-65-32-15-33-66-64)69-51-23-12-19-47(37-51)45-17-10-21-49(35-45)63-56(42(5)6)26-14-27-57(63)43(7)8;;/h9-15,18-35,40-43H,1-8H3;;/q-6;;. The van der Waals surface area contributed by atoms with Crippen LogP contribution in [0.15, 0.2) is 152 Å². The van der Waals surface area contributed by atoms with Crippen molar-refractivity contribution in [2.45, 2.75) is 79.1 Å². The molecule has 0 amide bonds. The quantitative estimate of drug-likeness (QED) is 0.108. The van der Waals surface area contributed by atoms with E-state index in [1.165, 1.54) is 44.5 Å². The minimum Gasteiger partial charge on any atom is -0.504 e. The summed E-state index contributed by atoms with van der Waals surface area (Å²) in [4.78, 5) is 9.34. The number of fused-ring (bicyclic) bond motifs is 3. The molecule has 0 spiro atoms.